The summed E-state index contributed by atoms with van der Waals surface area (Å²) in [5.74, 6) is 0.148. The molecule has 0 spiro atoms. The number of benzene rings is 3. The molecule has 4 amide bonds. The number of likely N-dealkylation sites (tertiary alicyclic amines) is 1. The third-order valence-electron chi connectivity index (χ3n) is 10.5. The first-order chi connectivity index (χ1) is 25.2. The van der Waals surface area contributed by atoms with Gasteiger partial charge in [-0.3, -0.25) is 24.5 Å². The Kier molecular flexibility index (Phi) is 8.40. The van der Waals surface area contributed by atoms with Gasteiger partial charge in [0, 0.05) is 61.8 Å². The SMILES string of the molecule is Cc1cccc(C)c1Nc1nn(C)c2nc(Nc3ccccc3C3CCN(C(=O)c4cccc5c4CN(C4CCC(=O)NC4=O)C5=O)CC3)ncc12. The second-order valence-electron chi connectivity index (χ2n) is 13.8. The highest BCUT2D eigenvalue weighted by Gasteiger charge is 2.41. The number of hydrogen-bond donors (Lipinski definition) is 3. The first-order valence-electron chi connectivity index (χ1n) is 17.6. The predicted octanol–water partition coefficient (Wildman–Crippen LogP) is 5.25. The number of rotatable bonds is 7. The topological polar surface area (TPSA) is 154 Å². The Balaban J connectivity index is 0.955. The van der Waals surface area contributed by atoms with E-state index in [9.17, 15) is 19.2 Å². The van der Waals surface area contributed by atoms with Crippen LogP contribution in [-0.2, 0) is 23.2 Å². The summed E-state index contributed by atoms with van der Waals surface area (Å²) in [7, 11) is 1.87. The number of piperidine rings is 2. The van der Waals surface area contributed by atoms with E-state index in [1.165, 1.54) is 4.90 Å². The van der Waals surface area contributed by atoms with Crippen molar-refractivity contribution in [2.45, 2.75) is 58.0 Å². The van der Waals surface area contributed by atoms with Gasteiger partial charge < -0.3 is 20.4 Å². The van der Waals surface area contributed by atoms with E-state index in [1.807, 2.05) is 36.2 Å². The molecule has 1 unspecified atom stereocenters. The average Bonchev–Trinajstić information content (AvgIpc) is 3.64. The Morgan fingerprint density at radius 1 is 0.904 bits per heavy atom. The lowest BCUT2D eigenvalue weighted by molar-refractivity contribution is -0.136. The molecular formula is C39H39N9O4. The maximum absolute atomic E-state index is 13.9. The van der Waals surface area contributed by atoms with E-state index in [0.717, 1.165) is 46.3 Å². The monoisotopic (exact) mass is 697 g/mol. The number of amides is 4. The third-order valence-corrected chi connectivity index (χ3v) is 10.5. The number of aromatic nitrogens is 4. The fraction of sp³-hybridized carbons (Fsp3) is 0.308. The van der Waals surface area contributed by atoms with Gasteiger partial charge in [0.25, 0.3) is 11.8 Å². The molecule has 264 valence electrons. The zero-order valence-electron chi connectivity index (χ0n) is 29.3. The molecule has 0 bridgehead atoms. The highest BCUT2D eigenvalue weighted by atomic mass is 16.2. The molecule has 5 heterocycles. The molecule has 3 aliphatic rings. The standard InChI is InChI=1S/C39H39N9O4/c1-22-8-6-9-23(2)33(22)43-34-28-20-40-39(44-35(28)46(3)45-34)41-30-13-5-4-10-25(30)24-16-18-47(19-17-24)37(51)26-11-7-12-27-29(26)21-48(38(27)52)31-14-15-32(49)42-36(31)50/h4-13,20,24,31H,14-19,21H2,1-3H3,(H,43,45)(H,40,41,44)(H,42,49,50). The minimum absolute atomic E-state index is 0.121. The molecule has 2 saturated heterocycles. The number of imide groups is 1. The van der Waals surface area contributed by atoms with Gasteiger partial charge >= 0.3 is 0 Å². The van der Waals surface area contributed by atoms with Crippen molar-refractivity contribution in [3.05, 3.63) is 100 Å². The molecule has 0 saturated carbocycles. The number of aryl methyl sites for hydroxylation is 3. The molecule has 1 atom stereocenters. The van der Waals surface area contributed by atoms with Gasteiger partial charge in [-0.25, -0.2) is 9.67 Å². The van der Waals surface area contributed by atoms with Crippen LogP contribution in [0.1, 0.15) is 74.6 Å². The quantitative estimate of drug-likeness (QED) is 0.194. The number of nitrogens with zero attached hydrogens (tertiary/aromatic N) is 6. The van der Waals surface area contributed by atoms with Crippen molar-refractivity contribution in [2.75, 3.05) is 23.7 Å². The van der Waals surface area contributed by atoms with Crippen LogP contribution in [0.4, 0.5) is 23.1 Å². The summed E-state index contributed by atoms with van der Waals surface area (Å²) < 4.78 is 1.75. The minimum atomic E-state index is -0.732. The second kappa shape index (κ2) is 13.2. The number of fused-ring (bicyclic) bond motifs is 2. The zero-order chi connectivity index (χ0) is 36.1. The summed E-state index contributed by atoms with van der Waals surface area (Å²) in [5, 5.41) is 14.8. The van der Waals surface area contributed by atoms with Gasteiger partial charge in [-0.05, 0) is 79.5 Å². The van der Waals surface area contributed by atoms with E-state index >= 15 is 0 Å². The van der Waals surface area contributed by atoms with Crippen LogP contribution in [0.2, 0.25) is 0 Å². The molecular weight excluding hydrogens is 658 g/mol. The summed E-state index contributed by atoms with van der Waals surface area (Å²) in [6.07, 6.45) is 3.76. The highest BCUT2D eigenvalue weighted by Crippen LogP contribution is 2.36. The first-order valence-corrected chi connectivity index (χ1v) is 17.6. The zero-order valence-corrected chi connectivity index (χ0v) is 29.3. The highest BCUT2D eigenvalue weighted by molar-refractivity contribution is 6.08. The van der Waals surface area contributed by atoms with E-state index in [0.29, 0.717) is 47.2 Å². The fourth-order valence-electron chi connectivity index (χ4n) is 7.76. The van der Waals surface area contributed by atoms with Crippen molar-refractivity contribution in [3.63, 3.8) is 0 Å². The van der Waals surface area contributed by atoms with E-state index in [1.54, 1.807) is 29.1 Å². The van der Waals surface area contributed by atoms with E-state index in [2.05, 4.69) is 53.0 Å². The van der Waals surface area contributed by atoms with Crippen LogP contribution < -0.4 is 16.0 Å². The average molecular weight is 698 g/mol. The molecule has 13 nitrogen and oxygen atoms in total. The number of nitrogens with one attached hydrogen (secondary N) is 3. The Bertz CT molecular complexity index is 2250. The molecule has 52 heavy (non-hydrogen) atoms. The van der Waals surface area contributed by atoms with Crippen molar-refractivity contribution < 1.29 is 19.2 Å². The van der Waals surface area contributed by atoms with Crippen LogP contribution in [0.5, 0.6) is 0 Å². The molecule has 8 rings (SSSR count). The number of carbonyl (C=O) groups is 4. The summed E-state index contributed by atoms with van der Waals surface area (Å²) in [6.45, 7) is 5.40. The van der Waals surface area contributed by atoms with Crippen LogP contribution in [0.3, 0.4) is 0 Å². The lowest BCUT2D eigenvalue weighted by Gasteiger charge is -2.33. The maximum atomic E-state index is 13.9. The summed E-state index contributed by atoms with van der Waals surface area (Å²) in [6, 6.07) is 18.8. The lowest BCUT2D eigenvalue weighted by atomic mass is 9.88. The minimum Gasteiger partial charge on any atom is -0.339 e. The molecule has 5 aromatic rings. The van der Waals surface area contributed by atoms with Gasteiger partial charge in [0.1, 0.15) is 6.04 Å². The Hall–Kier alpha value is -6.11. The van der Waals surface area contributed by atoms with E-state index in [-0.39, 0.29) is 43.0 Å². The summed E-state index contributed by atoms with van der Waals surface area (Å²) in [4.78, 5) is 64.3. The largest absolute Gasteiger partial charge is 0.339 e. The number of hydrogen-bond acceptors (Lipinski definition) is 9. The Labute approximate surface area is 300 Å². The number of carbonyl (C=O) groups excluding carboxylic acids is 4. The van der Waals surface area contributed by atoms with Gasteiger partial charge in [0.05, 0.1) is 5.39 Å². The predicted molar refractivity (Wildman–Crippen MR) is 196 cm³/mol. The number of anilines is 4. The van der Waals surface area contributed by atoms with Gasteiger partial charge in [0.2, 0.25) is 17.8 Å². The van der Waals surface area contributed by atoms with Gasteiger partial charge in [-0.15, -0.1) is 0 Å². The molecule has 2 fully saturated rings. The molecule has 0 radical (unpaired) electrons. The normalized spacial score (nSPS) is 17.8. The van der Waals surface area contributed by atoms with Crippen LogP contribution in [0.15, 0.2) is 66.9 Å². The first kappa shape index (κ1) is 33.1. The smallest absolute Gasteiger partial charge is 0.255 e. The summed E-state index contributed by atoms with van der Waals surface area (Å²) in [5.41, 5.74) is 7.57. The Morgan fingerprint density at radius 2 is 1.65 bits per heavy atom. The second-order valence-corrected chi connectivity index (χ2v) is 13.8. The molecule has 0 aliphatic carbocycles. The molecule has 2 aromatic heterocycles. The van der Waals surface area contributed by atoms with Crippen LogP contribution in [0.25, 0.3) is 11.0 Å². The van der Waals surface area contributed by atoms with Crippen LogP contribution in [-0.4, -0.2) is 72.3 Å². The maximum Gasteiger partial charge on any atom is 0.255 e. The van der Waals surface area contributed by atoms with Crippen LogP contribution >= 0.6 is 0 Å². The van der Waals surface area contributed by atoms with E-state index < -0.39 is 11.9 Å². The lowest BCUT2D eigenvalue weighted by Crippen LogP contribution is -2.52. The fourth-order valence-corrected chi connectivity index (χ4v) is 7.76. The van der Waals surface area contributed by atoms with Crippen molar-refractivity contribution >= 4 is 57.8 Å². The van der Waals surface area contributed by atoms with Gasteiger partial charge in [0.15, 0.2) is 11.5 Å². The molecule has 13 heteroatoms. The molecule has 3 N–H and O–H groups in total. The third kappa shape index (κ3) is 5.91. The summed E-state index contributed by atoms with van der Waals surface area (Å²) >= 11 is 0. The number of para-hydroxylation sites is 2. The molecule has 3 aliphatic heterocycles. The Morgan fingerprint density at radius 3 is 2.42 bits per heavy atom. The van der Waals surface area contributed by atoms with E-state index in [4.69, 9.17) is 10.1 Å². The van der Waals surface area contributed by atoms with Crippen LogP contribution in [0, 0.1) is 13.8 Å². The van der Waals surface area contributed by atoms with Crippen molar-refractivity contribution in [1.82, 2.24) is 34.9 Å². The van der Waals surface area contributed by atoms with Crippen molar-refractivity contribution in [2.24, 2.45) is 7.05 Å². The van der Waals surface area contributed by atoms with Gasteiger partial charge in [-0.2, -0.15) is 10.1 Å². The van der Waals surface area contributed by atoms with Crippen molar-refractivity contribution in [3.8, 4) is 0 Å². The van der Waals surface area contributed by atoms with Gasteiger partial charge in [-0.1, -0.05) is 42.5 Å². The molecule has 3 aromatic carbocycles. The van der Waals surface area contributed by atoms with Crippen molar-refractivity contribution in [1.29, 1.82) is 0 Å².